The molecule has 2 heterocycles. The Balaban J connectivity index is 2.33. The van der Waals surface area contributed by atoms with Crippen molar-refractivity contribution in [3.05, 3.63) is 24.0 Å². The summed E-state index contributed by atoms with van der Waals surface area (Å²) in [6.07, 6.45) is 4.30. The van der Waals surface area contributed by atoms with Crippen LogP contribution in [0.25, 0.3) is 0 Å². The molecule has 0 spiro atoms. The van der Waals surface area contributed by atoms with E-state index in [1.54, 1.807) is 6.20 Å². The first-order valence-corrected chi connectivity index (χ1v) is 7.37. The lowest BCUT2D eigenvalue weighted by atomic mass is 10.4. The second-order valence-corrected chi connectivity index (χ2v) is 4.71. The summed E-state index contributed by atoms with van der Waals surface area (Å²) in [5.74, 6) is 3.01. The number of rotatable bonds is 7. The van der Waals surface area contributed by atoms with E-state index in [1.165, 1.54) is 0 Å². The fourth-order valence-electron chi connectivity index (χ4n) is 2.08. The number of aromatic nitrogens is 5. The summed E-state index contributed by atoms with van der Waals surface area (Å²) in [4.78, 5) is 20.0. The molecule has 0 aliphatic rings. The fourth-order valence-corrected chi connectivity index (χ4v) is 2.08. The van der Waals surface area contributed by atoms with Gasteiger partial charge < -0.3 is 14.8 Å². The van der Waals surface area contributed by atoms with E-state index in [0.29, 0.717) is 12.4 Å². The highest BCUT2D eigenvalue weighted by atomic mass is 15.3. The summed E-state index contributed by atoms with van der Waals surface area (Å²) in [7, 11) is 1.97. The van der Waals surface area contributed by atoms with Gasteiger partial charge in [0, 0.05) is 39.1 Å². The molecule has 114 valence electrons. The van der Waals surface area contributed by atoms with Gasteiger partial charge in [0.05, 0.1) is 6.42 Å². The molecule has 0 atom stereocenters. The van der Waals surface area contributed by atoms with Crippen LogP contribution in [-0.4, -0.2) is 44.1 Å². The molecule has 2 aromatic heterocycles. The normalized spacial score (nSPS) is 10.7. The van der Waals surface area contributed by atoms with E-state index in [9.17, 15) is 0 Å². The number of hydrogen-bond acceptors (Lipinski definition) is 6. The van der Waals surface area contributed by atoms with Gasteiger partial charge >= 0.3 is 0 Å². The molecule has 7 heteroatoms. The van der Waals surface area contributed by atoms with Crippen LogP contribution in [0.4, 0.5) is 11.9 Å². The first-order chi connectivity index (χ1) is 10.2. The summed E-state index contributed by atoms with van der Waals surface area (Å²) in [5.41, 5.74) is 0. The third-order valence-electron chi connectivity index (χ3n) is 3.29. The van der Waals surface area contributed by atoms with Gasteiger partial charge in [-0.25, -0.2) is 4.98 Å². The lowest BCUT2D eigenvalue weighted by Crippen LogP contribution is -2.25. The lowest BCUT2D eigenvalue weighted by Gasteiger charge is -2.19. The zero-order valence-corrected chi connectivity index (χ0v) is 13.2. The predicted octanol–water partition coefficient (Wildman–Crippen LogP) is 1.47. The highest BCUT2D eigenvalue weighted by Crippen LogP contribution is 2.12. The molecule has 2 rings (SSSR count). The summed E-state index contributed by atoms with van der Waals surface area (Å²) in [6.45, 7) is 8.74. The third kappa shape index (κ3) is 3.68. The van der Waals surface area contributed by atoms with E-state index in [2.05, 4.69) is 44.0 Å². The predicted molar refractivity (Wildman–Crippen MR) is 83.6 cm³/mol. The van der Waals surface area contributed by atoms with Crippen LogP contribution in [0.1, 0.15) is 32.4 Å². The van der Waals surface area contributed by atoms with Crippen LogP contribution in [0.2, 0.25) is 0 Å². The molecule has 7 nitrogen and oxygen atoms in total. The molecule has 1 N–H and O–H groups in total. The quantitative estimate of drug-likeness (QED) is 0.832. The van der Waals surface area contributed by atoms with Gasteiger partial charge in [0.2, 0.25) is 11.9 Å². The number of anilines is 2. The van der Waals surface area contributed by atoms with Crippen LogP contribution in [0.5, 0.6) is 0 Å². The van der Waals surface area contributed by atoms with Crippen molar-refractivity contribution in [2.45, 2.75) is 27.2 Å². The molecular weight excluding hydrogens is 266 g/mol. The van der Waals surface area contributed by atoms with E-state index in [-0.39, 0.29) is 0 Å². The Morgan fingerprint density at radius 2 is 1.90 bits per heavy atom. The zero-order valence-electron chi connectivity index (χ0n) is 13.2. The monoisotopic (exact) mass is 289 g/mol. The summed E-state index contributed by atoms with van der Waals surface area (Å²) in [6, 6.07) is 0. The Hall–Kier alpha value is -2.18. The van der Waals surface area contributed by atoms with Crippen LogP contribution in [-0.2, 0) is 13.5 Å². The van der Waals surface area contributed by atoms with Crippen molar-refractivity contribution in [3.63, 3.8) is 0 Å². The van der Waals surface area contributed by atoms with Gasteiger partial charge in [-0.2, -0.15) is 15.0 Å². The van der Waals surface area contributed by atoms with Crippen molar-refractivity contribution >= 4 is 11.9 Å². The Labute approximate surface area is 125 Å². The van der Waals surface area contributed by atoms with E-state index < -0.39 is 0 Å². The average molecular weight is 289 g/mol. The molecule has 0 saturated carbocycles. The summed E-state index contributed by atoms with van der Waals surface area (Å²) < 4.78 is 1.98. The smallest absolute Gasteiger partial charge is 0.230 e. The maximum Gasteiger partial charge on any atom is 0.230 e. The number of aryl methyl sites for hydroxylation is 1. The molecule has 0 aliphatic heterocycles. The first kappa shape index (κ1) is 15.2. The minimum absolute atomic E-state index is 0.596. The van der Waals surface area contributed by atoms with Gasteiger partial charge in [-0.05, 0) is 20.8 Å². The standard InChI is InChI=1S/C14H23N7/c1-5-15-13-17-11(10-12-16-8-9-20(12)4)18-14(19-13)21(6-2)7-3/h8-9H,5-7,10H2,1-4H3,(H,15,17,18,19). The largest absolute Gasteiger partial charge is 0.354 e. The minimum atomic E-state index is 0.596. The van der Waals surface area contributed by atoms with Crippen molar-refractivity contribution in [1.29, 1.82) is 0 Å². The molecule has 2 aromatic rings. The van der Waals surface area contributed by atoms with Crippen molar-refractivity contribution in [2.75, 3.05) is 29.9 Å². The van der Waals surface area contributed by atoms with Gasteiger partial charge in [0.25, 0.3) is 0 Å². The van der Waals surface area contributed by atoms with Gasteiger partial charge in [-0.1, -0.05) is 0 Å². The summed E-state index contributed by atoms with van der Waals surface area (Å²) >= 11 is 0. The Bertz CT molecular complexity index is 574. The third-order valence-corrected chi connectivity index (χ3v) is 3.29. The SMILES string of the molecule is CCNc1nc(Cc2nccn2C)nc(N(CC)CC)n1. The zero-order chi connectivity index (χ0) is 15.2. The minimum Gasteiger partial charge on any atom is -0.354 e. The molecule has 0 bridgehead atoms. The van der Waals surface area contributed by atoms with Crippen molar-refractivity contribution in [3.8, 4) is 0 Å². The van der Waals surface area contributed by atoms with Crippen LogP contribution in [0, 0.1) is 0 Å². The second kappa shape index (κ2) is 7.01. The topological polar surface area (TPSA) is 71.8 Å². The van der Waals surface area contributed by atoms with Gasteiger partial charge in [-0.3, -0.25) is 0 Å². The molecule has 0 aliphatic carbocycles. The van der Waals surface area contributed by atoms with E-state index in [0.717, 1.165) is 37.2 Å². The molecular formula is C14H23N7. The van der Waals surface area contributed by atoms with Gasteiger partial charge in [0.15, 0.2) is 0 Å². The Morgan fingerprint density at radius 1 is 1.14 bits per heavy atom. The molecule has 21 heavy (non-hydrogen) atoms. The van der Waals surface area contributed by atoms with E-state index in [4.69, 9.17) is 0 Å². The van der Waals surface area contributed by atoms with Gasteiger partial charge in [-0.15, -0.1) is 0 Å². The molecule has 0 fully saturated rings. The van der Waals surface area contributed by atoms with Crippen LogP contribution in [0.15, 0.2) is 12.4 Å². The Kier molecular flexibility index (Phi) is 5.08. The lowest BCUT2D eigenvalue weighted by molar-refractivity contribution is 0.764. The fraction of sp³-hybridized carbons (Fsp3) is 0.571. The Morgan fingerprint density at radius 3 is 2.48 bits per heavy atom. The van der Waals surface area contributed by atoms with E-state index in [1.807, 2.05) is 24.7 Å². The molecule has 0 amide bonds. The van der Waals surface area contributed by atoms with Crippen molar-refractivity contribution in [2.24, 2.45) is 7.05 Å². The van der Waals surface area contributed by atoms with Crippen LogP contribution in [0.3, 0.4) is 0 Å². The van der Waals surface area contributed by atoms with Crippen molar-refractivity contribution in [1.82, 2.24) is 24.5 Å². The first-order valence-electron chi connectivity index (χ1n) is 7.37. The molecule has 0 aromatic carbocycles. The maximum atomic E-state index is 4.58. The number of nitrogens with zero attached hydrogens (tertiary/aromatic N) is 6. The van der Waals surface area contributed by atoms with Crippen LogP contribution < -0.4 is 10.2 Å². The number of imidazole rings is 1. The highest BCUT2D eigenvalue weighted by molar-refractivity contribution is 5.37. The second-order valence-electron chi connectivity index (χ2n) is 4.71. The summed E-state index contributed by atoms with van der Waals surface area (Å²) in [5, 5.41) is 3.17. The number of hydrogen-bond donors (Lipinski definition) is 1. The molecule has 0 unspecified atom stereocenters. The molecule has 0 saturated heterocycles. The number of nitrogens with one attached hydrogen (secondary N) is 1. The van der Waals surface area contributed by atoms with Gasteiger partial charge in [0.1, 0.15) is 11.6 Å². The highest BCUT2D eigenvalue weighted by Gasteiger charge is 2.12. The van der Waals surface area contributed by atoms with Crippen molar-refractivity contribution < 1.29 is 0 Å². The average Bonchev–Trinajstić information content (AvgIpc) is 2.86. The maximum absolute atomic E-state index is 4.58. The molecule has 0 radical (unpaired) electrons. The van der Waals surface area contributed by atoms with E-state index >= 15 is 0 Å². The van der Waals surface area contributed by atoms with Crippen LogP contribution >= 0.6 is 0 Å².